The van der Waals surface area contributed by atoms with Crippen molar-refractivity contribution >= 4 is 25.9 Å². The van der Waals surface area contributed by atoms with Gasteiger partial charge in [0.25, 0.3) is 0 Å². The molecule has 1 unspecified atom stereocenters. The molecule has 2 nitrogen and oxygen atoms in total. The largest absolute Gasteiger partial charge is 0.516 e. The van der Waals surface area contributed by atoms with Gasteiger partial charge in [-0.1, -0.05) is 25.1 Å². The fraction of sp³-hybridized carbons (Fsp3) is 0.462. The Bertz CT molecular complexity index is 365. The predicted molar refractivity (Wildman–Crippen MR) is 74.0 cm³/mol. The average molecular weight is 271 g/mol. The van der Waals surface area contributed by atoms with E-state index in [1.807, 2.05) is 18.2 Å². The number of benzene rings is 1. The molecule has 0 saturated heterocycles. The highest BCUT2D eigenvalue weighted by atomic mass is 35.5. The zero-order chi connectivity index (χ0) is 12.9. The summed E-state index contributed by atoms with van der Waals surface area (Å²) in [5.74, 6) is 0.783. The van der Waals surface area contributed by atoms with Crippen LogP contribution in [0.15, 0.2) is 30.3 Å². The average Bonchev–Trinajstić information content (AvgIpc) is 2.28. The maximum atomic E-state index is 11.9. The van der Waals surface area contributed by atoms with Crippen LogP contribution < -0.4 is 0 Å². The van der Waals surface area contributed by atoms with Crippen LogP contribution in [0.3, 0.4) is 0 Å². The number of carbonyl (C=O) groups excluding carboxylic acids is 1. The third-order valence-corrected chi connectivity index (χ3v) is 5.43. The van der Waals surface area contributed by atoms with E-state index < -0.39 is 8.32 Å². The van der Waals surface area contributed by atoms with Crippen molar-refractivity contribution in [3.8, 4) is 0 Å². The van der Waals surface area contributed by atoms with Crippen molar-refractivity contribution in [2.75, 3.05) is 5.88 Å². The topological polar surface area (TPSA) is 26.3 Å². The summed E-state index contributed by atoms with van der Waals surface area (Å²) in [6, 6.07) is 10.0. The lowest BCUT2D eigenvalue weighted by molar-refractivity contribution is 0.0721. The minimum atomic E-state index is -1.97. The Kier molecular flexibility index (Phi) is 5.21. The molecule has 1 rings (SSSR count). The van der Waals surface area contributed by atoms with Crippen LogP contribution in [0, 0.1) is 5.92 Å². The molecule has 1 atom stereocenters. The van der Waals surface area contributed by atoms with E-state index in [0.717, 1.165) is 6.04 Å². The lowest BCUT2D eigenvalue weighted by Crippen LogP contribution is -2.35. The summed E-state index contributed by atoms with van der Waals surface area (Å²) in [5.41, 5.74) is 0.617. The maximum Gasteiger partial charge on any atom is 0.324 e. The predicted octanol–water partition coefficient (Wildman–Crippen LogP) is 3.92. The van der Waals surface area contributed by atoms with Crippen LogP contribution in [0.25, 0.3) is 0 Å². The Balaban J connectivity index is 2.62. The van der Waals surface area contributed by atoms with Gasteiger partial charge in [0.2, 0.25) is 8.32 Å². The molecular weight excluding hydrogens is 252 g/mol. The van der Waals surface area contributed by atoms with E-state index in [-0.39, 0.29) is 5.97 Å². The van der Waals surface area contributed by atoms with E-state index in [9.17, 15) is 4.79 Å². The third kappa shape index (κ3) is 4.92. The van der Waals surface area contributed by atoms with Crippen LogP contribution in [0.1, 0.15) is 17.3 Å². The van der Waals surface area contributed by atoms with E-state index >= 15 is 0 Å². The molecule has 0 saturated carbocycles. The van der Waals surface area contributed by atoms with Crippen LogP contribution in [-0.4, -0.2) is 20.2 Å². The van der Waals surface area contributed by atoms with E-state index in [2.05, 4.69) is 20.0 Å². The molecule has 0 N–H and O–H groups in total. The Hall–Kier alpha value is -0.803. The molecule has 94 valence electrons. The van der Waals surface area contributed by atoms with Crippen molar-refractivity contribution in [1.82, 2.24) is 0 Å². The molecule has 0 aliphatic carbocycles. The number of rotatable bonds is 5. The van der Waals surface area contributed by atoms with Crippen LogP contribution in [0.4, 0.5) is 0 Å². The molecule has 0 heterocycles. The summed E-state index contributed by atoms with van der Waals surface area (Å²) in [6.07, 6.45) is 0. The van der Waals surface area contributed by atoms with Crippen molar-refractivity contribution in [2.24, 2.45) is 5.92 Å². The molecule has 1 aromatic rings. The number of carbonyl (C=O) groups is 1. The smallest absolute Gasteiger partial charge is 0.324 e. The first-order valence-corrected chi connectivity index (χ1v) is 9.44. The molecule has 4 heteroatoms. The van der Waals surface area contributed by atoms with Gasteiger partial charge < -0.3 is 4.43 Å². The van der Waals surface area contributed by atoms with Gasteiger partial charge in [0.15, 0.2) is 0 Å². The third-order valence-electron chi connectivity index (χ3n) is 2.48. The number of hydrogen-bond acceptors (Lipinski definition) is 2. The summed E-state index contributed by atoms with van der Waals surface area (Å²) >= 11 is 5.79. The van der Waals surface area contributed by atoms with Gasteiger partial charge in [-0.2, -0.15) is 0 Å². The van der Waals surface area contributed by atoms with E-state index in [1.54, 1.807) is 12.1 Å². The molecule has 17 heavy (non-hydrogen) atoms. The second-order valence-corrected chi connectivity index (χ2v) is 9.42. The molecule has 0 amide bonds. The molecule has 0 bridgehead atoms. The Labute approximate surface area is 109 Å². The minimum Gasteiger partial charge on any atom is -0.516 e. The van der Waals surface area contributed by atoms with Gasteiger partial charge >= 0.3 is 5.97 Å². The summed E-state index contributed by atoms with van der Waals surface area (Å²) < 4.78 is 5.64. The quantitative estimate of drug-likeness (QED) is 0.599. The Morgan fingerprint density at radius 3 is 2.47 bits per heavy atom. The molecule has 0 radical (unpaired) electrons. The monoisotopic (exact) mass is 270 g/mol. The van der Waals surface area contributed by atoms with Crippen molar-refractivity contribution in [3.63, 3.8) is 0 Å². The maximum absolute atomic E-state index is 11.9. The summed E-state index contributed by atoms with van der Waals surface area (Å²) in [6.45, 7) is 6.19. The molecule has 0 spiro atoms. The highest BCUT2D eigenvalue weighted by molar-refractivity contribution is 6.72. The summed E-state index contributed by atoms with van der Waals surface area (Å²) in [4.78, 5) is 11.9. The lowest BCUT2D eigenvalue weighted by atomic mass is 10.2. The fourth-order valence-electron chi connectivity index (χ4n) is 1.82. The first-order chi connectivity index (χ1) is 7.94. The fourth-order valence-corrected chi connectivity index (χ4v) is 4.64. The van der Waals surface area contributed by atoms with E-state index in [0.29, 0.717) is 17.4 Å². The van der Waals surface area contributed by atoms with Crippen LogP contribution in [0.2, 0.25) is 19.1 Å². The number of alkyl halides is 1. The molecule has 0 aliphatic rings. The molecule has 0 fully saturated rings. The summed E-state index contributed by atoms with van der Waals surface area (Å²) in [5, 5.41) is 0. The molecule has 1 aromatic carbocycles. The Morgan fingerprint density at radius 1 is 1.35 bits per heavy atom. The van der Waals surface area contributed by atoms with Crippen molar-refractivity contribution in [2.45, 2.75) is 26.1 Å². The van der Waals surface area contributed by atoms with Crippen molar-refractivity contribution in [3.05, 3.63) is 35.9 Å². The van der Waals surface area contributed by atoms with Gasteiger partial charge in [-0.25, -0.2) is 4.79 Å². The van der Waals surface area contributed by atoms with Gasteiger partial charge in [0.1, 0.15) is 0 Å². The van der Waals surface area contributed by atoms with Gasteiger partial charge in [0, 0.05) is 5.88 Å². The normalized spacial score (nSPS) is 13.2. The van der Waals surface area contributed by atoms with Crippen LogP contribution in [0.5, 0.6) is 0 Å². The van der Waals surface area contributed by atoms with Crippen molar-refractivity contribution in [1.29, 1.82) is 0 Å². The number of halogens is 1. The first-order valence-electron chi connectivity index (χ1n) is 5.79. The Morgan fingerprint density at radius 2 is 1.94 bits per heavy atom. The highest BCUT2D eigenvalue weighted by Crippen LogP contribution is 2.20. The number of hydrogen-bond donors (Lipinski definition) is 0. The highest BCUT2D eigenvalue weighted by Gasteiger charge is 2.29. The molecule has 0 aromatic heterocycles. The molecule has 0 aliphatic heterocycles. The molecular formula is C13H19ClO2Si. The van der Waals surface area contributed by atoms with Gasteiger partial charge in [0.05, 0.1) is 5.56 Å². The van der Waals surface area contributed by atoms with Crippen molar-refractivity contribution < 1.29 is 9.22 Å². The van der Waals surface area contributed by atoms with Crippen LogP contribution >= 0.6 is 11.6 Å². The zero-order valence-electron chi connectivity index (χ0n) is 10.6. The second-order valence-electron chi connectivity index (χ2n) is 4.98. The van der Waals surface area contributed by atoms with Gasteiger partial charge in [-0.15, -0.1) is 11.6 Å². The SMILES string of the molecule is CC(CCl)C[Si](C)(C)OC(=O)c1ccccc1. The zero-order valence-corrected chi connectivity index (χ0v) is 12.3. The summed E-state index contributed by atoms with van der Waals surface area (Å²) in [7, 11) is -1.97. The standard InChI is InChI=1S/C13H19ClO2Si/c1-11(9-14)10-17(2,3)16-13(15)12-7-5-4-6-8-12/h4-8,11H,9-10H2,1-3H3. The minimum absolute atomic E-state index is 0.218. The van der Waals surface area contributed by atoms with E-state index in [1.165, 1.54) is 0 Å². The van der Waals surface area contributed by atoms with Crippen LogP contribution in [-0.2, 0) is 4.43 Å². The van der Waals surface area contributed by atoms with Gasteiger partial charge in [-0.05, 0) is 37.2 Å². The first kappa shape index (κ1) is 14.3. The van der Waals surface area contributed by atoms with Gasteiger partial charge in [-0.3, -0.25) is 0 Å². The van der Waals surface area contributed by atoms with E-state index in [4.69, 9.17) is 16.0 Å². The lowest BCUT2D eigenvalue weighted by Gasteiger charge is -2.25. The second kappa shape index (κ2) is 6.22.